The van der Waals surface area contributed by atoms with Gasteiger partial charge in [0.2, 0.25) is 5.43 Å². The van der Waals surface area contributed by atoms with E-state index in [0.717, 1.165) is 11.1 Å². The summed E-state index contributed by atoms with van der Waals surface area (Å²) in [7, 11) is 3.10. The topological polar surface area (TPSA) is 51.3 Å². The zero-order valence-corrected chi connectivity index (χ0v) is 11.8. The van der Waals surface area contributed by atoms with Gasteiger partial charge in [-0.25, -0.2) is 0 Å². The number of aromatic amines is 1. The fraction of sp³-hybridized carbons (Fsp3) is 0.118. The molecular formula is C17H15NO3. The first kappa shape index (κ1) is 13.2. The molecule has 0 bridgehead atoms. The van der Waals surface area contributed by atoms with Crippen molar-refractivity contribution in [1.82, 2.24) is 4.98 Å². The number of H-pyrrole nitrogens is 1. The van der Waals surface area contributed by atoms with Crippen molar-refractivity contribution < 1.29 is 9.47 Å². The van der Waals surface area contributed by atoms with Crippen molar-refractivity contribution in [1.29, 1.82) is 0 Å². The largest absolute Gasteiger partial charge is 0.497 e. The van der Waals surface area contributed by atoms with Gasteiger partial charge in [-0.1, -0.05) is 30.3 Å². The maximum Gasteiger partial charge on any atom is 0.231 e. The third-order valence-corrected chi connectivity index (χ3v) is 3.43. The summed E-state index contributed by atoms with van der Waals surface area (Å²) in [6.45, 7) is 0. The number of rotatable bonds is 3. The molecule has 0 saturated carbocycles. The predicted octanol–water partition coefficient (Wildman–Crippen LogP) is 3.21. The van der Waals surface area contributed by atoms with Gasteiger partial charge in [0, 0.05) is 17.0 Å². The van der Waals surface area contributed by atoms with Crippen LogP contribution in [0.1, 0.15) is 0 Å². The molecule has 0 saturated heterocycles. The summed E-state index contributed by atoms with van der Waals surface area (Å²) in [4.78, 5) is 15.8. The lowest BCUT2D eigenvalue weighted by Crippen LogP contribution is -2.09. The molecule has 3 aromatic rings. The van der Waals surface area contributed by atoms with Crippen LogP contribution in [0.15, 0.2) is 53.3 Å². The van der Waals surface area contributed by atoms with Crippen LogP contribution in [0.2, 0.25) is 0 Å². The molecule has 1 N–H and O–H groups in total. The van der Waals surface area contributed by atoms with E-state index in [0.29, 0.717) is 22.6 Å². The van der Waals surface area contributed by atoms with Gasteiger partial charge >= 0.3 is 0 Å². The van der Waals surface area contributed by atoms with E-state index in [-0.39, 0.29) is 5.43 Å². The van der Waals surface area contributed by atoms with Gasteiger partial charge in [0.05, 0.1) is 25.4 Å². The molecule has 1 heterocycles. The summed E-state index contributed by atoms with van der Waals surface area (Å²) in [6.07, 6.45) is 0. The van der Waals surface area contributed by atoms with Gasteiger partial charge < -0.3 is 14.5 Å². The number of nitrogens with one attached hydrogen (secondary N) is 1. The van der Waals surface area contributed by atoms with E-state index in [1.807, 2.05) is 36.4 Å². The minimum atomic E-state index is -0.132. The number of methoxy groups -OCH3 is 2. The van der Waals surface area contributed by atoms with Crippen molar-refractivity contribution in [2.45, 2.75) is 0 Å². The van der Waals surface area contributed by atoms with Crippen molar-refractivity contribution in [3.8, 4) is 22.8 Å². The number of pyridine rings is 1. The third kappa shape index (κ3) is 2.25. The number of benzene rings is 2. The normalized spacial score (nSPS) is 10.6. The van der Waals surface area contributed by atoms with Crippen LogP contribution in [0, 0.1) is 0 Å². The van der Waals surface area contributed by atoms with E-state index in [1.54, 1.807) is 19.2 Å². The predicted molar refractivity (Wildman–Crippen MR) is 83.1 cm³/mol. The second-order valence-electron chi connectivity index (χ2n) is 4.64. The summed E-state index contributed by atoms with van der Waals surface area (Å²) in [6, 6.07) is 14.9. The molecule has 0 aliphatic heterocycles. The van der Waals surface area contributed by atoms with Crippen LogP contribution >= 0.6 is 0 Å². The van der Waals surface area contributed by atoms with Crippen LogP contribution in [-0.4, -0.2) is 19.2 Å². The monoisotopic (exact) mass is 281 g/mol. The first-order valence-corrected chi connectivity index (χ1v) is 6.58. The first-order chi connectivity index (χ1) is 10.2. The molecule has 3 rings (SSSR count). The van der Waals surface area contributed by atoms with Gasteiger partial charge in [-0.15, -0.1) is 0 Å². The van der Waals surface area contributed by atoms with E-state index in [1.165, 1.54) is 7.11 Å². The van der Waals surface area contributed by atoms with E-state index >= 15 is 0 Å². The van der Waals surface area contributed by atoms with E-state index in [2.05, 4.69) is 4.98 Å². The first-order valence-electron chi connectivity index (χ1n) is 6.58. The Morgan fingerprint density at radius 1 is 0.952 bits per heavy atom. The van der Waals surface area contributed by atoms with Gasteiger partial charge in [-0.3, -0.25) is 4.79 Å². The summed E-state index contributed by atoms with van der Waals surface area (Å²) >= 11 is 0. The molecular weight excluding hydrogens is 266 g/mol. The molecule has 4 heteroatoms. The second-order valence-corrected chi connectivity index (χ2v) is 4.64. The summed E-state index contributed by atoms with van der Waals surface area (Å²) in [5, 5.41) is 0.576. The van der Waals surface area contributed by atoms with Crippen molar-refractivity contribution in [3.05, 3.63) is 58.8 Å². The Morgan fingerprint density at radius 3 is 2.38 bits per heavy atom. The van der Waals surface area contributed by atoms with Gasteiger partial charge in [0.1, 0.15) is 5.75 Å². The average molecular weight is 281 g/mol. The maximum absolute atomic E-state index is 12.6. The molecule has 0 aliphatic rings. The Kier molecular flexibility index (Phi) is 3.36. The number of hydrogen-bond acceptors (Lipinski definition) is 3. The number of hydrogen-bond donors (Lipinski definition) is 1. The molecule has 1 aromatic heterocycles. The van der Waals surface area contributed by atoms with Crippen molar-refractivity contribution >= 4 is 10.9 Å². The van der Waals surface area contributed by atoms with E-state index < -0.39 is 0 Å². The Morgan fingerprint density at radius 2 is 1.71 bits per heavy atom. The van der Waals surface area contributed by atoms with Crippen LogP contribution in [0.25, 0.3) is 22.2 Å². The summed E-state index contributed by atoms with van der Waals surface area (Å²) in [5.41, 5.74) is 2.16. The molecule has 21 heavy (non-hydrogen) atoms. The molecule has 0 fully saturated rings. The Hall–Kier alpha value is -2.75. The molecule has 0 aliphatic carbocycles. The summed E-state index contributed by atoms with van der Waals surface area (Å²) < 4.78 is 10.5. The third-order valence-electron chi connectivity index (χ3n) is 3.43. The quantitative estimate of drug-likeness (QED) is 0.802. The maximum atomic E-state index is 12.6. The minimum absolute atomic E-state index is 0.132. The summed E-state index contributed by atoms with van der Waals surface area (Å²) in [5.74, 6) is 1.01. The molecule has 0 spiro atoms. The molecule has 106 valence electrons. The lowest BCUT2D eigenvalue weighted by Gasteiger charge is -2.11. The minimum Gasteiger partial charge on any atom is -0.497 e. The highest BCUT2D eigenvalue weighted by molar-refractivity contribution is 5.85. The van der Waals surface area contributed by atoms with Crippen LogP contribution in [0.3, 0.4) is 0 Å². The van der Waals surface area contributed by atoms with Gasteiger partial charge in [-0.05, 0) is 12.1 Å². The lowest BCUT2D eigenvalue weighted by molar-refractivity contribution is 0.411. The highest BCUT2D eigenvalue weighted by Crippen LogP contribution is 2.28. The molecule has 2 aromatic carbocycles. The fourth-order valence-electron chi connectivity index (χ4n) is 2.38. The van der Waals surface area contributed by atoms with Crippen molar-refractivity contribution in [2.75, 3.05) is 14.2 Å². The molecule has 0 amide bonds. The Labute approximate surface area is 122 Å². The van der Waals surface area contributed by atoms with Gasteiger partial charge in [0.25, 0.3) is 0 Å². The molecule has 4 nitrogen and oxygen atoms in total. The molecule has 0 unspecified atom stereocenters. The fourth-order valence-corrected chi connectivity index (χ4v) is 2.38. The zero-order chi connectivity index (χ0) is 14.8. The van der Waals surface area contributed by atoms with Crippen LogP contribution in [0.4, 0.5) is 0 Å². The highest BCUT2D eigenvalue weighted by atomic mass is 16.5. The second kappa shape index (κ2) is 5.32. The number of fused-ring (bicyclic) bond motifs is 1. The van der Waals surface area contributed by atoms with Crippen molar-refractivity contribution in [2.24, 2.45) is 0 Å². The molecule has 0 radical (unpaired) electrons. The van der Waals surface area contributed by atoms with Crippen LogP contribution in [0.5, 0.6) is 11.5 Å². The van der Waals surface area contributed by atoms with Crippen LogP contribution < -0.4 is 14.9 Å². The van der Waals surface area contributed by atoms with Crippen molar-refractivity contribution in [3.63, 3.8) is 0 Å². The average Bonchev–Trinajstić information content (AvgIpc) is 2.55. The SMILES string of the molecule is COc1ccc2c(=O)c(OC)c(-c3ccccc3)[nH]c2c1. The Bertz CT molecular complexity index is 838. The van der Waals surface area contributed by atoms with E-state index in [9.17, 15) is 4.79 Å². The lowest BCUT2D eigenvalue weighted by atomic mass is 10.1. The standard InChI is InChI=1S/C17H15NO3/c1-20-12-8-9-13-14(10-12)18-15(17(21-2)16(13)19)11-6-4-3-5-7-11/h3-10H,1-2H3,(H,18,19). The number of aromatic nitrogens is 1. The van der Waals surface area contributed by atoms with Gasteiger partial charge in [-0.2, -0.15) is 0 Å². The Balaban J connectivity index is 2.35. The molecule has 0 atom stereocenters. The van der Waals surface area contributed by atoms with E-state index in [4.69, 9.17) is 9.47 Å². The highest BCUT2D eigenvalue weighted by Gasteiger charge is 2.14. The smallest absolute Gasteiger partial charge is 0.231 e. The zero-order valence-electron chi connectivity index (χ0n) is 11.8. The van der Waals surface area contributed by atoms with Gasteiger partial charge in [0.15, 0.2) is 5.75 Å². The number of ether oxygens (including phenoxy) is 2. The van der Waals surface area contributed by atoms with Crippen LogP contribution in [-0.2, 0) is 0 Å².